The maximum absolute atomic E-state index is 13.5. The standard InChI is InChI=1S/C24H31ClFN3O4S/c1-5-17(3)27-24(31)22(6-2)28(15-18-7-9-19(25)10-8-18)23(30)16-29(34(4,32)33)21-13-11-20(26)12-14-21/h7-14,17,22H,5-6,15-16H2,1-4H3,(H,27,31). The first kappa shape index (κ1) is 27.6. The van der Waals surface area contributed by atoms with Crippen molar-refractivity contribution in [1.29, 1.82) is 0 Å². The van der Waals surface area contributed by atoms with Crippen molar-refractivity contribution in [3.8, 4) is 0 Å². The van der Waals surface area contributed by atoms with Crippen LogP contribution in [0, 0.1) is 5.82 Å². The molecule has 2 atom stereocenters. The van der Waals surface area contributed by atoms with E-state index in [-0.39, 0.29) is 24.2 Å². The first-order valence-electron chi connectivity index (χ1n) is 11.0. The molecule has 0 aliphatic carbocycles. The molecular formula is C24H31ClFN3O4S. The van der Waals surface area contributed by atoms with Crippen LogP contribution in [-0.4, -0.2) is 50.0 Å². The molecular weight excluding hydrogens is 481 g/mol. The fourth-order valence-electron chi connectivity index (χ4n) is 3.37. The minimum absolute atomic E-state index is 0.0826. The molecule has 34 heavy (non-hydrogen) atoms. The zero-order valence-electron chi connectivity index (χ0n) is 19.8. The van der Waals surface area contributed by atoms with E-state index in [9.17, 15) is 22.4 Å². The van der Waals surface area contributed by atoms with Gasteiger partial charge in [-0.05, 0) is 61.7 Å². The molecule has 0 aliphatic heterocycles. The number of rotatable bonds is 11. The average molecular weight is 512 g/mol. The fourth-order valence-corrected chi connectivity index (χ4v) is 4.34. The Hall–Kier alpha value is -2.65. The van der Waals surface area contributed by atoms with Gasteiger partial charge in [0.2, 0.25) is 21.8 Å². The number of benzene rings is 2. The van der Waals surface area contributed by atoms with Gasteiger partial charge >= 0.3 is 0 Å². The molecule has 10 heteroatoms. The van der Waals surface area contributed by atoms with Gasteiger partial charge in [0, 0.05) is 17.6 Å². The van der Waals surface area contributed by atoms with E-state index in [1.54, 1.807) is 31.2 Å². The maximum atomic E-state index is 13.5. The summed E-state index contributed by atoms with van der Waals surface area (Å²) < 4.78 is 39.3. The number of hydrogen-bond donors (Lipinski definition) is 1. The second kappa shape index (κ2) is 12.2. The van der Waals surface area contributed by atoms with Crippen molar-refractivity contribution in [3.63, 3.8) is 0 Å². The largest absolute Gasteiger partial charge is 0.352 e. The molecule has 0 saturated carbocycles. The highest BCUT2D eigenvalue weighted by molar-refractivity contribution is 7.92. The number of amides is 2. The van der Waals surface area contributed by atoms with Crippen molar-refractivity contribution >= 4 is 39.1 Å². The second-order valence-corrected chi connectivity index (χ2v) is 10.5. The molecule has 2 aromatic rings. The van der Waals surface area contributed by atoms with E-state index < -0.39 is 34.3 Å². The highest BCUT2D eigenvalue weighted by Gasteiger charge is 2.32. The lowest BCUT2D eigenvalue weighted by Crippen LogP contribution is -2.53. The lowest BCUT2D eigenvalue weighted by Gasteiger charge is -2.33. The third kappa shape index (κ3) is 7.70. The second-order valence-electron chi connectivity index (χ2n) is 8.14. The number of hydrogen-bond acceptors (Lipinski definition) is 4. The summed E-state index contributed by atoms with van der Waals surface area (Å²) in [6.45, 7) is 5.15. The Morgan fingerprint density at radius 2 is 1.62 bits per heavy atom. The Bertz CT molecular complexity index is 1080. The van der Waals surface area contributed by atoms with Crippen LogP contribution in [0.25, 0.3) is 0 Å². The van der Waals surface area contributed by atoms with E-state index >= 15 is 0 Å². The quantitative estimate of drug-likeness (QED) is 0.494. The Morgan fingerprint density at radius 3 is 2.12 bits per heavy atom. The lowest BCUT2D eigenvalue weighted by atomic mass is 10.1. The van der Waals surface area contributed by atoms with Crippen molar-refractivity contribution in [2.24, 2.45) is 0 Å². The molecule has 2 rings (SSSR count). The topological polar surface area (TPSA) is 86.8 Å². The van der Waals surface area contributed by atoms with Crippen molar-refractivity contribution in [2.75, 3.05) is 17.1 Å². The summed E-state index contributed by atoms with van der Waals surface area (Å²) in [5.41, 5.74) is 0.890. The van der Waals surface area contributed by atoms with Gasteiger partial charge in [-0.25, -0.2) is 12.8 Å². The van der Waals surface area contributed by atoms with E-state index in [1.807, 2.05) is 13.8 Å². The number of carbonyl (C=O) groups excluding carboxylic acids is 2. The predicted octanol–water partition coefficient (Wildman–Crippen LogP) is 3.97. The SMILES string of the molecule is CCC(C)NC(=O)C(CC)N(Cc1ccc(Cl)cc1)C(=O)CN(c1ccc(F)cc1)S(C)(=O)=O. The van der Waals surface area contributed by atoms with Gasteiger partial charge in [-0.15, -0.1) is 0 Å². The fraction of sp³-hybridized carbons (Fsp3) is 0.417. The van der Waals surface area contributed by atoms with Crippen LogP contribution in [0.5, 0.6) is 0 Å². The molecule has 0 aliphatic rings. The Kier molecular flexibility index (Phi) is 9.88. The number of anilines is 1. The summed E-state index contributed by atoms with van der Waals surface area (Å²) >= 11 is 5.98. The highest BCUT2D eigenvalue weighted by atomic mass is 35.5. The molecule has 0 bridgehead atoms. The van der Waals surface area contributed by atoms with Gasteiger partial charge in [0.15, 0.2) is 0 Å². The Morgan fingerprint density at radius 1 is 1.03 bits per heavy atom. The highest BCUT2D eigenvalue weighted by Crippen LogP contribution is 2.20. The Balaban J connectivity index is 2.41. The first-order valence-corrected chi connectivity index (χ1v) is 13.3. The van der Waals surface area contributed by atoms with Crippen LogP contribution in [0.1, 0.15) is 39.2 Å². The van der Waals surface area contributed by atoms with E-state index in [0.29, 0.717) is 11.4 Å². The third-order valence-corrected chi connectivity index (χ3v) is 6.84. The average Bonchev–Trinajstić information content (AvgIpc) is 2.78. The predicted molar refractivity (Wildman–Crippen MR) is 133 cm³/mol. The summed E-state index contributed by atoms with van der Waals surface area (Å²) in [5.74, 6) is -1.40. The van der Waals surface area contributed by atoms with Crippen LogP contribution in [0.2, 0.25) is 5.02 Å². The molecule has 0 aromatic heterocycles. The molecule has 186 valence electrons. The minimum Gasteiger partial charge on any atom is -0.352 e. The van der Waals surface area contributed by atoms with Gasteiger partial charge < -0.3 is 10.2 Å². The van der Waals surface area contributed by atoms with E-state index in [1.165, 1.54) is 17.0 Å². The molecule has 0 spiro atoms. The van der Waals surface area contributed by atoms with Gasteiger partial charge in [-0.2, -0.15) is 0 Å². The molecule has 1 N–H and O–H groups in total. The summed E-state index contributed by atoms with van der Waals surface area (Å²) in [7, 11) is -3.87. The van der Waals surface area contributed by atoms with Gasteiger partial charge in [-0.3, -0.25) is 13.9 Å². The van der Waals surface area contributed by atoms with Crippen molar-refractivity contribution < 1.29 is 22.4 Å². The number of sulfonamides is 1. The van der Waals surface area contributed by atoms with Crippen LogP contribution in [-0.2, 0) is 26.2 Å². The summed E-state index contributed by atoms with van der Waals surface area (Å²) in [5, 5.41) is 3.44. The van der Waals surface area contributed by atoms with Crippen LogP contribution >= 0.6 is 11.6 Å². The first-order chi connectivity index (χ1) is 16.0. The lowest BCUT2D eigenvalue weighted by molar-refractivity contribution is -0.140. The van der Waals surface area contributed by atoms with Crippen LogP contribution in [0.15, 0.2) is 48.5 Å². The van der Waals surface area contributed by atoms with E-state index in [0.717, 1.165) is 34.7 Å². The number of nitrogens with zero attached hydrogens (tertiary/aromatic N) is 2. The summed E-state index contributed by atoms with van der Waals surface area (Å²) in [4.78, 5) is 27.9. The third-order valence-electron chi connectivity index (χ3n) is 5.45. The van der Waals surface area contributed by atoms with Crippen LogP contribution in [0.3, 0.4) is 0 Å². The molecule has 7 nitrogen and oxygen atoms in total. The van der Waals surface area contributed by atoms with Gasteiger partial charge in [0.05, 0.1) is 11.9 Å². The van der Waals surface area contributed by atoms with Gasteiger partial charge in [0.25, 0.3) is 0 Å². The number of carbonyl (C=O) groups is 2. The van der Waals surface area contributed by atoms with Gasteiger partial charge in [0.1, 0.15) is 18.4 Å². The molecule has 2 aromatic carbocycles. The number of nitrogens with one attached hydrogen (secondary N) is 1. The molecule has 0 fully saturated rings. The van der Waals surface area contributed by atoms with Crippen LogP contribution < -0.4 is 9.62 Å². The maximum Gasteiger partial charge on any atom is 0.244 e. The van der Waals surface area contributed by atoms with Crippen LogP contribution in [0.4, 0.5) is 10.1 Å². The minimum atomic E-state index is -3.87. The monoisotopic (exact) mass is 511 g/mol. The van der Waals surface area contributed by atoms with Crippen molar-refractivity contribution in [1.82, 2.24) is 10.2 Å². The zero-order chi connectivity index (χ0) is 25.5. The molecule has 0 saturated heterocycles. The van der Waals surface area contributed by atoms with Crippen molar-refractivity contribution in [3.05, 3.63) is 64.9 Å². The van der Waals surface area contributed by atoms with E-state index in [2.05, 4.69) is 5.32 Å². The summed E-state index contributed by atoms with van der Waals surface area (Å²) in [6.07, 6.45) is 2.02. The summed E-state index contributed by atoms with van der Waals surface area (Å²) in [6, 6.07) is 10.8. The normalized spacial score (nSPS) is 13.1. The van der Waals surface area contributed by atoms with E-state index in [4.69, 9.17) is 11.6 Å². The molecule has 2 amide bonds. The molecule has 0 heterocycles. The van der Waals surface area contributed by atoms with Gasteiger partial charge in [-0.1, -0.05) is 37.6 Å². The van der Waals surface area contributed by atoms with Crippen molar-refractivity contribution in [2.45, 2.75) is 52.2 Å². The molecule has 0 radical (unpaired) electrons. The molecule has 2 unspecified atom stereocenters. The smallest absolute Gasteiger partial charge is 0.244 e. The Labute approximate surface area is 205 Å². The number of halogens is 2. The zero-order valence-corrected chi connectivity index (χ0v) is 21.4.